The van der Waals surface area contributed by atoms with Crippen molar-refractivity contribution in [1.82, 2.24) is 45.0 Å². The summed E-state index contributed by atoms with van der Waals surface area (Å²) < 4.78 is 41.4. The Hall–Kier alpha value is -5.34. The summed E-state index contributed by atoms with van der Waals surface area (Å²) in [5.41, 5.74) is 1.98. The van der Waals surface area contributed by atoms with Crippen molar-refractivity contribution < 1.29 is 28.4 Å². The van der Waals surface area contributed by atoms with E-state index in [0.29, 0.717) is 91.0 Å². The van der Waals surface area contributed by atoms with Crippen molar-refractivity contribution in [2.45, 2.75) is 39.5 Å². The van der Waals surface area contributed by atoms with Crippen LogP contribution in [-0.2, 0) is 39.5 Å². The van der Waals surface area contributed by atoms with Gasteiger partial charge in [0.2, 0.25) is 0 Å². The average Bonchev–Trinajstić information content (AvgIpc) is 3.75. The van der Waals surface area contributed by atoms with E-state index >= 15 is 0 Å². The van der Waals surface area contributed by atoms with Crippen LogP contribution in [0.1, 0.15) is 17.1 Å². The third-order valence-electron chi connectivity index (χ3n) is 6.39. The molecule has 0 atom stereocenters. The van der Waals surface area contributed by atoms with Gasteiger partial charge in [-0.1, -0.05) is 15.6 Å². The van der Waals surface area contributed by atoms with Crippen molar-refractivity contribution in [1.29, 1.82) is 0 Å². The maximum absolute atomic E-state index is 6.05. The molecule has 0 aliphatic carbocycles. The Morgan fingerprint density at radius 2 is 0.690 bits per heavy atom. The lowest BCUT2D eigenvalue weighted by Gasteiger charge is -2.14. The highest BCUT2D eigenvalue weighted by molar-refractivity contribution is 5.43. The molecule has 3 aromatic heterocycles. The van der Waals surface area contributed by atoms with Crippen LogP contribution in [0.5, 0.6) is 34.5 Å². The van der Waals surface area contributed by atoms with E-state index in [2.05, 4.69) is 30.9 Å². The van der Waals surface area contributed by atoms with E-state index in [4.69, 9.17) is 28.4 Å². The van der Waals surface area contributed by atoms with E-state index in [-0.39, 0.29) is 19.8 Å². The first-order chi connectivity index (χ1) is 20.7. The van der Waals surface area contributed by atoms with Gasteiger partial charge in [-0.15, -0.1) is 15.3 Å². The summed E-state index contributed by atoms with van der Waals surface area (Å²) in [5.74, 6) is 3.44. The van der Waals surface area contributed by atoms with Crippen LogP contribution >= 0.6 is 0 Å². The Morgan fingerprint density at radius 1 is 0.405 bits per heavy atom. The van der Waals surface area contributed by atoms with Crippen LogP contribution in [0, 0.1) is 0 Å². The summed E-state index contributed by atoms with van der Waals surface area (Å²) in [6.45, 7) is 3.13. The van der Waals surface area contributed by atoms with Gasteiger partial charge < -0.3 is 28.4 Å². The van der Waals surface area contributed by atoms with Crippen molar-refractivity contribution in [3.8, 4) is 34.5 Å². The Balaban J connectivity index is 1.24. The molecule has 3 aliphatic heterocycles. The molecule has 0 saturated heterocycles. The second-order valence-corrected chi connectivity index (χ2v) is 9.61. The topological polar surface area (TPSA) is 148 Å². The summed E-state index contributed by atoms with van der Waals surface area (Å²) in [4.78, 5) is 0. The first-order valence-corrected chi connectivity index (χ1v) is 13.4. The fourth-order valence-electron chi connectivity index (χ4n) is 4.38. The molecule has 216 valence electrons. The van der Waals surface area contributed by atoms with Crippen LogP contribution in [0.25, 0.3) is 0 Å². The molecule has 5 aromatic rings. The minimum absolute atomic E-state index is 0.201. The summed E-state index contributed by atoms with van der Waals surface area (Å²) in [7, 11) is 0. The minimum Gasteiger partial charge on any atom is -0.491 e. The number of benzene rings is 2. The zero-order valence-electron chi connectivity index (χ0n) is 22.5. The molecule has 0 N–H and O–H groups in total. The van der Waals surface area contributed by atoms with Gasteiger partial charge in [0.05, 0.1) is 38.2 Å². The molecule has 0 fully saturated rings. The molecule has 42 heavy (non-hydrogen) atoms. The second-order valence-electron chi connectivity index (χ2n) is 9.61. The van der Waals surface area contributed by atoms with Crippen LogP contribution in [0.2, 0.25) is 0 Å². The molecular formula is C27H27N9O6. The predicted molar refractivity (Wildman–Crippen MR) is 142 cm³/mol. The SMILES string of the molecule is c1c2cc3cc1OCCn1cc(nn1)COc1cc(cc(c1)OCc1cn(nn1)CCO3)OCc1cn(nn1)CCO2. The van der Waals surface area contributed by atoms with Gasteiger partial charge in [-0.3, -0.25) is 0 Å². The molecular weight excluding hydrogens is 546 g/mol. The van der Waals surface area contributed by atoms with Crippen molar-refractivity contribution in [2.75, 3.05) is 19.8 Å². The lowest BCUT2D eigenvalue weighted by atomic mass is 10.3. The van der Waals surface area contributed by atoms with Gasteiger partial charge in [0.15, 0.2) is 0 Å². The van der Waals surface area contributed by atoms with E-state index < -0.39 is 0 Å². The summed E-state index contributed by atoms with van der Waals surface area (Å²) >= 11 is 0. The Bertz CT molecular complexity index is 1450. The predicted octanol–water partition coefficient (Wildman–Crippen LogP) is 2.06. The van der Waals surface area contributed by atoms with E-state index in [1.807, 2.05) is 36.8 Å². The van der Waals surface area contributed by atoms with Crippen molar-refractivity contribution >= 4 is 0 Å². The number of hydrogen-bond acceptors (Lipinski definition) is 12. The van der Waals surface area contributed by atoms with E-state index in [1.165, 1.54) is 0 Å². The Labute approximate surface area is 239 Å². The molecule has 3 aliphatic rings. The second kappa shape index (κ2) is 11.6. The van der Waals surface area contributed by atoms with Crippen molar-refractivity contribution in [3.63, 3.8) is 0 Å². The molecule has 0 radical (unpaired) electrons. The third-order valence-corrected chi connectivity index (χ3v) is 6.39. The zero-order valence-corrected chi connectivity index (χ0v) is 22.5. The molecule has 2 aromatic carbocycles. The highest BCUT2D eigenvalue weighted by Crippen LogP contribution is 2.30. The van der Waals surface area contributed by atoms with Crippen LogP contribution in [0.3, 0.4) is 0 Å². The standard InChI is InChI=1S/C27H27N9O6/c1-4-37-22-7-23-9-24(8-22)39-6-3-36-15-21(30-33-36)18-42-27-11-25(40-16-19-13-34(1)31-28-19)10-26(12-27)41-17-20-14-35(32-29-20)2-5-38-23/h7-15H,1-6,16-18H2. The molecule has 6 heterocycles. The molecule has 15 nitrogen and oxygen atoms in total. The number of ether oxygens (including phenoxy) is 6. The first-order valence-electron chi connectivity index (χ1n) is 13.4. The molecule has 0 unspecified atom stereocenters. The normalized spacial score (nSPS) is 15.4. The summed E-state index contributed by atoms with van der Waals surface area (Å²) in [5, 5.41) is 25.3. The van der Waals surface area contributed by atoms with Gasteiger partial charge >= 0.3 is 0 Å². The number of hydrogen-bond donors (Lipinski definition) is 0. The van der Waals surface area contributed by atoms with E-state index in [1.54, 1.807) is 32.2 Å². The van der Waals surface area contributed by atoms with Crippen molar-refractivity contribution in [3.05, 3.63) is 72.1 Å². The Kier molecular flexibility index (Phi) is 7.10. The fraction of sp³-hybridized carbons (Fsp3) is 0.333. The number of fused-ring (bicyclic) bond motifs is 9. The molecule has 0 spiro atoms. The van der Waals surface area contributed by atoms with Gasteiger partial charge in [-0.25, -0.2) is 14.0 Å². The van der Waals surface area contributed by atoms with Crippen LogP contribution in [-0.4, -0.2) is 64.8 Å². The number of aromatic nitrogens is 9. The quantitative estimate of drug-likeness (QED) is 0.267. The fourth-order valence-corrected chi connectivity index (χ4v) is 4.38. The van der Waals surface area contributed by atoms with Gasteiger partial charge in [0.1, 0.15) is 91.2 Å². The molecule has 15 heteroatoms. The van der Waals surface area contributed by atoms with Crippen LogP contribution in [0.15, 0.2) is 55.0 Å². The summed E-state index contributed by atoms with van der Waals surface area (Å²) in [6, 6.07) is 10.8. The average molecular weight is 574 g/mol. The third kappa shape index (κ3) is 6.35. The molecule has 12 bridgehead atoms. The lowest BCUT2D eigenvalue weighted by Crippen LogP contribution is -2.11. The van der Waals surface area contributed by atoms with Crippen LogP contribution < -0.4 is 28.4 Å². The highest BCUT2D eigenvalue weighted by Gasteiger charge is 2.12. The number of nitrogens with zero attached hydrogens (tertiary/aromatic N) is 9. The van der Waals surface area contributed by atoms with Gasteiger partial charge in [-0.2, -0.15) is 0 Å². The smallest absolute Gasteiger partial charge is 0.134 e. The first kappa shape index (κ1) is 25.6. The zero-order chi connectivity index (χ0) is 28.1. The largest absolute Gasteiger partial charge is 0.491 e. The maximum Gasteiger partial charge on any atom is 0.134 e. The van der Waals surface area contributed by atoms with Gasteiger partial charge in [-0.05, 0) is 0 Å². The minimum atomic E-state index is 0.201. The number of rotatable bonds is 0. The van der Waals surface area contributed by atoms with E-state index in [9.17, 15) is 0 Å². The molecule has 0 saturated carbocycles. The van der Waals surface area contributed by atoms with Gasteiger partial charge in [0.25, 0.3) is 0 Å². The monoisotopic (exact) mass is 573 g/mol. The van der Waals surface area contributed by atoms with Gasteiger partial charge in [0, 0.05) is 36.4 Å². The Morgan fingerprint density at radius 3 is 1.00 bits per heavy atom. The lowest BCUT2D eigenvalue weighted by molar-refractivity contribution is 0.263. The van der Waals surface area contributed by atoms with E-state index in [0.717, 1.165) is 0 Å². The molecule has 8 rings (SSSR count). The van der Waals surface area contributed by atoms with Crippen molar-refractivity contribution in [2.24, 2.45) is 0 Å². The molecule has 0 amide bonds. The maximum atomic E-state index is 6.05. The highest BCUT2D eigenvalue weighted by atomic mass is 16.5. The summed E-state index contributed by atoms with van der Waals surface area (Å²) in [6.07, 6.45) is 5.46. The van der Waals surface area contributed by atoms with Crippen LogP contribution in [0.4, 0.5) is 0 Å².